The molecule has 0 aromatic heterocycles. The smallest absolute Gasteiger partial charge is 0.322 e. The van der Waals surface area contributed by atoms with Gasteiger partial charge in [0.1, 0.15) is 11.8 Å². The number of carboxylic acids is 1. The van der Waals surface area contributed by atoms with E-state index < -0.39 is 22.0 Å². The van der Waals surface area contributed by atoms with Gasteiger partial charge in [0.2, 0.25) is 10.0 Å². The molecule has 1 heterocycles. The Labute approximate surface area is 143 Å². The van der Waals surface area contributed by atoms with Gasteiger partial charge in [-0.3, -0.25) is 4.79 Å². The lowest BCUT2D eigenvalue weighted by molar-refractivity contribution is -0.142. The number of aliphatic carboxylic acids is 1. The highest BCUT2D eigenvalue weighted by atomic mass is 32.2. The summed E-state index contributed by atoms with van der Waals surface area (Å²) in [5.41, 5.74) is 1.26. The molecule has 0 amide bonds. The largest absolute Gasteiger partial charge is 0.496 e. The van der Waals surface area contributed by atoms with E-state index in [0.717, 1.165) is 12.8 Å². The Bertz CT molecular complexity index is 729. The third kappa shape index (κ3) is 3.42. The minimum Gasteiger partial charge on any atom is -0.496 e. The predicted octanol–water partition coefficient (Wildman–Crippen LogP) is 2.58. The molecule has 7 heteroatoms. The van der Waals surface area contributed by atoms with Gasteiger partial charge in [-0.2, -0.15) is 4.31 Å². The minimum absolute atomic E-state index is 0.156. The van der Waals surface area contributed by atoms with Gasteiger partial charge in [0, 0.05) is 6.54 Å². The first kappa shape index (κ1) is 18.7. The first-order valence-corrected chi connectivity index (χ1v) is 9.56. The van der Waals surface area contributed by atoms with Crippen molar-refractivity contribution < 1.29 is 23.1 Å². The maximum absolute atomic E-state index is 13.2. The second-order valence-corrected chi connectivity index (χ2v) is 8.23. The molecule has 134 valence electrons. The van der Waals surface area contributed by atoms with E-state index in [2.05, 4.69) is 0 Å². The Morgan fingerprint density at radius 2 is 1.96 bits per heavy atom. The minimum atomic E-state index is -3.88. The lowest BCUT2D eigenvalue weighted by Crippen LogP contribution is -2.50. The topological polar surface area (TPSA) is 83.9 Å². The van der Waals surface area contributed by atoms with Crippen molar-refractivity contribution in [1.82, 2.24) is 4.31 Å². The van der Waals surface area contributed by atoms with Gasteiger partial charge in [-0.1, -0.05) is 13.3 Å². The average Bonchev–Trinajstić information content (AvgIpc) is 2.55. The summed E-state index contributed by atoms with van der Waals surface area (Å²) in [4.78, 5) is 11.7. The van der Waals surface area contributed by atoms with E-state index >= 15 is 0 Å². The molecule has 1 N–H and O–H groups in total. The molecule has 1 aliphatic heterocycles. The number of carbonyl (C=O) groups is 1. The van der Waals surface area contributed by atoms with Crippen molar-refractivity contribution in [2.24, 2.45) is 5.92 Å². The molecule has 1 fully saturated rings. The molecule has 0 radical (unpaired) electrons. The summed E-state index contributed by atoms with van der Waals surface area (Å²) in [5, 5.41) is 9.46. The summed E-state index contributed by atoms with van der Waals surface area (Å²) in [7, 11) is -2.35. The molecule has 2 atom stereocenters. The summed E-state index contributed by atoms with van der Waals surface area (Å²) < 4.78 is 32.7. The van der Waals surface area contributed by atoms with Crippen LogP contribution in [-0.4, -0.2) is 43.5 Å². The maximum atomic E-state index is 13.2. The van der Waals surface area contributed by atoms with Crippen LogP contribution in [0.25, 0.3) is 0 Å². The van der Waals surface area contributed by atoms with Crippen molar-refractivity contribution in [3.63, 3.8) is 0 Å². The van der Waals surface area contributed by atoms with E-state index in [0.29, 0.717) is 23.3 Å². The van der Waals surface area contributed by atoms with Gasteiger partial charge in [0.25, 0.3) is 0 Å². The van der Waals surface area contributed by atoms with Crippen LogP contribution in [0.3, 0.4) is 0 Å². The number of hydrogen-bond donors (Lipinski definition) is 1. The first-order valence-electron chi connectivity index (χ1n) is 8.12. The first-order chi connectivity index (χ1) is 11.2. The van der Waals surface area contributed by atoms with Gasteiger partial charge < -0.3 is 9.84 Å². The zero-order valence-corrected chi connectivity index (χ0v) is 15.4. The van der Waals surface area contributed by atoms with Crippen LogP contribution >= 0.6 is 0 Å². The summed E-state index contributed by atoms with van der Waals surface area (Å²) in [5.74, 6) is -0.280. The highest BCUT2D eigenvalue weighted by Gasteiger charge is 2.41. The van der Waals surface area contributed by atoms with Crippen molar-refractivity contribution >= 4 is 16.0 Å². The van der Waals surface area contributed by atoms with E-state index in [-0.39, 0.29) is 17.4 Å². The predicted molar refractivity (Wildman–Crippen MR) is 90.8 cm³/mol. The monoisotopic (exact) mass is 355 g/mol. The Kier molecular flexibility index (Phi) is 5.55. The van der Waals surface area contributed by atoms with Gasteiger partial charge in [-0.15, -0.1) is 0 Å². The molecule has 2 rings (SSSR count). The standard InChI is InChI=1S/C17H25NO5S/c1-5-13-6-7-14(17(19)20)18(10-13)24(21,22)16-9-11(2)15(23-4)8-12(16)3/h8-9,13-14H,5-7,10H2,1-4H3,(H,19,20). The van der Waals surface area contributed by atoms with Crippen LogP contribution in [0.5, 0.6) is 5.75 Å². The number of rotatable bonds is 5. The fourth-order valence-electron chi connectivity index (χ4n) is 3.24. The normalized spacial score (nSPS) is 22.3. The highest BCUT2D eigenvalue weighted by Crippen LogP contribution is 2.33. The fraction of sp³-hybridized carbons (Fsp3) is 0.588. The Morgan fingerprint density at radius 1 is 1.29 bits per heavy atom. The Hall–Kier alpha value is -1.60. The van der Waals surface area contributed by atoms with E-state index in [1.54, 1.807) is 26.0 Å². The molecule has 1 aromatic carbocycles. The van der Waals surface area contributed by atoms with Crippen molar-refractivity contribution in [3.05, 3.63) is 23.3 Å². The summed E-state index contributed by atoms with van der Waals surface area (Å²) in [6.07, 6.45) is 1.92. The number of benzene rings is 1. The molecule has 6 nitrogen and oxygen atoms in total. The van der Waals surface area contributed by atoms with Crippen molar-refractivity contribution in [1.29, 1.82) is 0 Å². The molecule has 1 saturated heterocycles. The number of carboxylic acid groups (broad SMARTS) is 1. The Balaban J connectivity index is 2.50. The zero-order valence-electron chi connectivity index (χ0n) is 14.6. The summed E-state index contributed by atoms with van der Waals surface area (Å²) in [6.45, 7) is 5.72. The van der Waals surface area contributed by atoms with Gasteiger partial charge in [-0.25, -0.2) is 8.42 Å². The molecule has 0 bridgehead atoms. The third-order valence-electron chi connectivity index (χ3n) is 4.78. The Morgan fingerprint density at radius 3 is 2.50 bits per heavy atom. The maximum Gasteiger partial charge on any atom is 0.322 e. The number of sulfonamides is 1. The molecular weight excluding hydrogens is 330 g/mol. The third-order valence-corrected chi connectivity index (χ3v) is 6.79. The second-order valence-electron chi connectivity index (χ2n) is 6.37. The molecular formula is C17H25NO5S. The fourth-order valence-corrected chi connectivity index (χ4v) is 5.23. The van der Waals surface area contributed by atoms with Crippen LogP contribution in [0.2, 0.25) is 0 Å². The van der Waals surface area contributed by atoms with E-state index in [9.17, 15) is 18.3 Å². The average molecular weight is 355 g/mol. The van der Waals surface area contributed by atoms with Crippen LogP contribution in [0.1, 0.15) is 37.3 Å². The second kappa shape index (κ2) is 7.11. The quantitative estimate of drug-likeness (QED) is 0.877. The number of methoxy groups -OCH3 is 1. The van der Waals surface area contributed by atoms with Gasteiger partial charge in [-0.05, 0) is 55.9 Å². The van der Waals surface area contributed by atoms with Crippen LogP contribution in [0.15, 0.2) is 17.0 Å². The SMILES string of the molecule is CCC1CCC(C(=O)O)N(S(=O)(=O)c2cc(C)c(OC)cc2C)C1. The lowest BCUT2D eigenvalue weighted by Gasteiger charge is -2.36. The lowest BCUT2D eigenvalue weighted by atomic mass is 9.93. The van der Waals surface area contributed by atoms with Gasteiger partial charge in [0.15, 0.2) is 0 Å². The molecule has 0 spiro atoms. The van der Waals surface area contributed by atoms with E-state index in [1.165, 1.54) is 11.4 Å². The molecule has 1 aliphatic rings. The van der Waals surface area contributed by atoms with Gasteiger partial charge >= 0.3 is 5.97 Å². The summed E-state index contributed by atoms with van der Waals surface area (Å²) in [6, 6.07) is 2.25. The van der Waals surface area contributed by atoms with Crippen molar-refractivity contribution in [2.45, 2.75) is 51.0 Å². The molecule has 1 aromatic rings. The number of nitrogens with zero attached hydrogens (tertiary/aromatic N) is 1. The van der Waals surface area contributed by atoms with Crippen molar-refractivity contribution in [2.75, 3.05) is 13.7 Å². The number of hydrogen-bond acceptors (Lipinski definition) is 4. The molecule has 2 unspecified atom stereocenters. The zero-order chi connectivity index (χ0) is 18.1. The number of piperidine rings is 1. The van der Waals surface area contributed by atoms with E-state index in [4.69, 9.17) is 4.74 Å². The van der Waals surface area contributed by atoms with Gasteiger partial charge in [0.05, 0.1) is 12.0 Å². The molecule has 0 saturated carbocycles. The highest BCUT2D eigenvalue weighted by molar-refractivity contribution is 7.89. The van der Waals surface area contributed by atoms with Crippen LogP contribution in [0.4, 0.5) is 0 Å². The van der Waals surface area contributed by atoms with Crippen LogP contribution < -0.4 is 4.74 Å². The number of ether oxygens (including phenoxy) is 1. The van der Waals surface area contributed by atoms with Crippen molar-refractivity contribution in [3.8, 4) is 5.75 Å². The van der Waals surface area contributed by atoms with Crippen LogP contribution in [-0.2, 0) is 14.8 Å². The number of aryl methyl sites for hydroxylation is 2. The summed E-state index contributed by atoms with van der Waals surface area (Å²) >= 11 is 0. The molecule has 0 aliphatic carbocycles. The molecule has 24 heavy (non-hydrogen) atoms. The van der Waals surface area contributed by atoms with E-state index in [1.807, 2.05) is 6.92 Å². The van der Waals surface area contributed by atoms with Crippen LogP contribution in [0, 0.1) is 19.8 Å².